The molecule has 0 heterocycles. The van der Waals surface area contributed by atoms with Crippen molar-refractivity contribution in [3.05, 3.63) is 0 Å². The summed E-state index contributed by atoms with van der Waals surface area (Å²) in [6.07, 6.45) is 2.06. The predicted molar refractivity (Wildman–Crippen MR) is 61.9 cm³/mol. The molecule has 0 bridgehead atoms. The summed E-state index contributed by atoms with van der Waals surface area (Å²) in [4.78, 5) is 15.5. The zero-order chi connectivity index (χ0) is 11.7. The van der Waals surface area contributed by atoms with Gasteiger partial charge in [0.15, 0.2) is 0 Å². The summed E-state index contributed by atoms with van der Waals surface area (Å²) < 4.78 is 0. The third-order valence-corrected chi connectivity index (χ3v) is 2.46. The Bertz CT molecular complexity index is 170. The summed E-state index contributed by atoms with van der Waals surface area (Å²) in [6.45, 7) is 8.71. The molecule has 4 heteroatoms. The number of rotatable bonds is 7. The fourth-order valence-corrected chi connectivity index (χ4v) is 1.47. The number of hydrogen-bond donors (Lipinski definition) is 1. The maximum absolute atomic E-state index is 11.9. The van der Waals surface area contributed by atoms with Gasteiger partial charge in [0.2, 0.25) is 0 Å². The van der Waals surface area contributed by atoms with Crippen molar-refractivity contribution in [3.63, 3.8) is 0 Å². The second-order valence-corrected chi connectivity index (χ2v) is 3.52. The molecule has 0 unspecified atom stereocenters. The van der Waals surface area contributed by atoms with Crippen LogP contribution in [0.5, 0.6) is 0 Å². The predicted octanol–water partition coefficient (Wildman–Crippen LogP) is 1.54. The normalized spacial score (nSPS) is 10.1. The first kappa shape index (κ1) is 14.2. The molecule has 0 rings (SSSR count). The lowest BCUT2D eigenvalue weighted by Gasteiger charge is -2.28. The van der Waals surface area contributed by atoms with Crippen LogP contribution < -0.4 is 0 Å². The largest absolute Gasteiger partial charge is 0.395 e. The van der Waals surface area contributed by atoms with E-state index in [2.05, 4.69) is 6.92 Å². The van der Waals surface area contributed by atoms with Gasteiger partial charge in [-0.15, -0.1) is 0 Å². The molecule has 0 radical (unpaired) electrons. The van der Waals surface area contributed by atoms with Gasteiger partial charge in [-0.3, -0.25) is 0 Å². The van der Waals surface area contributed by atoms with E-state index >= 15 is 0 Å². The van der Waals surface area contributed by atoms with Crippen LogP contribution in [0.1, 0.15) is 33.6 Å². The molecule has 15 heavy (non-hydrogen) atoms. The van der Waals surface area contributed by atoms with Crippen molar-refractivity contribution in [2.24, 2.45) is 0 Å². The van der Waals surface area contributed by atoms with Crippen LogP contribution in [-0.2, 0) is 0 Å². The van der Waals surface area contributed by atoms with Crippen molar-refractivity contribution in [1.29, 1.82) is 0 Å². The van der Waals surface area contributed by atoms with Crippen LogP contribution in [-0.4, -0.2) is 53.7 Å². The van der Waals surface area contributed by atoms with Crippen LogP contribution >= 0.6 is 0 Å². The summed E-state index contributed by atoms with van der Waals surface area (Å²) in [5.74, 6) is 0. The van der Waals surface area contributed by atoms with Crippen LogP contribution in [0.3, 0.4) is 0 Å². The van der Waals surface area contributed by atoms with Gasteiger partial charge in [0, 0.05) is 26.2 Å². The molecule has 0 aromatic carbocycles. The molecular formula is C11H24N2O2. The lowest BCUT2D eigenvalue weighted by Crippen LogP contribution is -2.44. The minimum absolute atomic E-state index is 0.0384. The van der Waals surface area contributed by atoms with Gasteiger partial charge in [-0.05, 0) is 20.3 Å². The molecule has 0 saturated heterocycles. The molecule has 2 amide bonds. The fraction of sp³-hybridized carbons (Fsp3) is 0.909. The Kier molecular flexibility index (Phi) is 8.09. The number of urea groups is 1. The molecule has 0 aliphatic heterocycles. The molecule has 0 atom stereocenters. The van der Waals surface area contributed by atoms with E-state index in [4.69, 9.17) is 5.11 Å². The average molecular weight is 216 g/mol. The maximum Gasteiger partial charge on any atom is 0.320 e. The van der Waals surface area contributed by atoms with E-state index in [0.29, 0.717) is 6.54 Å². The Morgan fingerprint density at radius 3 is 2.07 bits per heavy atom. The van der Waals surface area contributed by atoms with E-state index < -0.39 is 0 Å². The zero-order valence-corrected chi connectivity index (χ0v) is 10.2. The summed E-state index contributed by atoms with van der Waals surface area (Å²) in [6, 6.07) is 0.0440. The quantitative estimate of drug-likeness (QED) is 0.701. The minimum Gasteiger partial charge on any atom is -0.395 e. The number of hydrogen-bond acceptors (Lipinski definition) is 2. The second-order valence-electron chi connectivity index (χ2n) is 3.52. The highest BCUT2D eigenvalue weighted by Crippen LogP contribution is 2.01. The van der Waals surface area contributed by atoms with E-state index in [1.165, 1.54) is 0 Å². The summed E-state index contributed by atoms with van der Waals surface area (Å²) >= 11 is 0. The average Bonchev–Trinajstić information content (AvgIpc) is 2.25. The molecule has 0 aromatic rings. The van der Waals surface area contributed by atoms with Gasteiger partial charge in [0.05, 0.1) is 6.61 Å². The zero-order valence-electron chi connectivity index (χ0n) is 10.2. The lowest BCUT2D eigenvalue weighted by atomic mass is 10.3. The number of unbranched alkanes of at least 4 members (excludes halogenated alkanes) is 1. The summed E-state index contributed by atoms with van der Waals surface area (Å²) in [5.41, 5.74) is 0. The lowest BCUT2D eigenvalue weighted by molar-refractivity contribution is 0.142. The molecule has 0 aliphatic carbocycles. The Labute approximate surface area is 92.9 Å². The van der Waals surface area contributed by atoms with Gasteiger partial charge in [-0.25, -0.2) is 4.79 Å². The van der Waals surface area contributed by atoms with Crippen molar-refractivity contribution in [3.8, 4) is 0 Å². The number of nitrogens with zero attached hydrogens (tertiary/aromatic N) is 2. The van der Waals surface area contributed by atoms with E-state index in [1.54, 1.807) is 9.80 Å². The molecule has 0 fully saturated rings. The number of amides is 2. The highest BCUT2D eigenvalue weighted by Gasteiger charge is 2.16. The monoisotopic (exact) mass is 216 g/mol. The van der Waals surface area contributed by atoms with Gasteiger partial charge in [0.1, 0.15) is 0 Å². The third-order valence-electron chi connectivity index (χ3n) is 2.46. The van der Waals surface area contributed by atoms with Crippen LogP contribution in [0.25, 0.3) is 0 Å². The Balaban J connectivity index is 4.24. The Hall–Kier alpha value is -0.770. The Morgan fingerprint density at radius 2 is 1.67 bits per heavy atom. The molecule has 0 saturated carbocycles. The van der Waals surface area contributed by atoms with E-state index in [0.717, 1.165) is 32.5 Å². The van der Waals surface area contributed by atoms with Crippen LogP contribution in [0.15, 0.2) is 0 Å². The van der Waals surface area contributed by atoms with Crippen LogP contribution in [0.4, 0.5) is 4.79 Å². The molecule has 90 valence electrons. The standard InChI is InChI=1S/C11H24N2O2/c1-4-7-8-13(9-10-14)11(15)12(5-2)6-3/h14H,4-10H2,1-3H3. The first-order valence-corrected chi connectivity index (χ1v) is 5.85. The second kappa shape index (κ2) is 8.53. The van der Waals surface area contributed by atoms with Crippen molar-refractivity contribution < 1.29 is 9.90 Å². The molecule has 1 N–H and O–H groups in total. The van der Waals surface area contributed by atoms with Gasteiger partial charge >= 0.3 is 6.03 Å². The Morgan fingerprint density at radius 1 is 1.07 bits per heavy atom. The van der Waals surface area contributed by atoms with E-state index in [1.807, 2.05) is 13.8 Å². The van der Waals surface area contributed by atoms with Crippen molar-refractivity contribution >= 4 is 6.03 Å². The molecule has 4 nitrogen and oxygen atoms in total. The van der Waals surface area contributed by atoms with Crippen LogP contribution in [0, 0.1) is 0 Å². The minimum atomic E-state index is 0.0384. The number of aliphatic hydroxyl groups excluding tert-OH is 1. The SMILES string of the molecule is CCCCN(CCO)C(=O)N(CC)CC. The van der Waals surface area contributed by atoms with Gasteiger partial charge in [-0.2, -0.15) is 0 Å². The molecular weight excluding hydrogens is 192 g/mol. The summed E-state index contributed by atoms with van der Waals surface area (Å²) in [5, 5.41) is 8.90. The fourth-order valence-electron chi connectivity index (χ4n) is 1.47. The number of carbonyl (C=O) groups is 1. The van der Waals surface area contributed by atoms with Crippen LogP contribution in [0.2, 0.25) is 0 Å². The molecule has 0 spiro atoms. The summed E-state index contributed by atoms with van der Waals surface area (Å²) in [7, 11) is 0. The number of aliphatic hydroxyl groups is 1. The third kappa shape index (κ3) is 5.02. The van der Waals surface area contributed by atoms with Gasteiger partial charge in [0.25, 0.3) is 0 Å². The highest BCUT2D eigenvalue weighted by atomic mass is 16.3. The topological polar surface area (TPSA) is 43.8 Å². The van der Waals surface area contributed by atoms with Gasteiger partial charge in [-0.1, -0.05) is 13.3 Å². The first-order chi connectivity index (χ1) is 7.21. The molecule has 0 aliphatic rings. The van der Waals surface area contributed by atoms with E-state index in [9.17, 15) is 4.79 Å². The smallest absolute Gasteiger partial charge is 0.320 e. The van der Waals surface area contributed by atoms with Crippen molar-refractivity contribution in [1.82, 2.24) is 9.80 Å². The van der Waals surface area contributed by atoms with Gasteiger partial charge < -0.3 is 14.9 Å². The highest BCUT2D eigenvalue weighted by molar-refractivity contribution is 5.74. The van der Waals surface area contributed by atoms with Crippen molar-refractivity contribution in [2.75, 3.05) is 32.8 Å². The molecule has 0 aromatic heterocycles. The first-order valence-electron chi connectivity index (χ1n) is 5.85. The number of carbonyl (C=O) groups excluding carboxylic acids is 1. The van der Waals surface area contributed by atoms with Crippen molar-refractivity contribution in [2.45, 2.75) is 33.6 Å². The maximum atomic E-state index is 11.9. The van der Waals surface area contributed by atoms with E-state index in [-0.39, 0.29) is 12.6 Å².